The van der Waals surface area contributed by atoms with E-state index in [4.69, 9.17) is 11.6 Å². The van der Waals surface area contributed by atoms with E-state index in [0.29, 0.717) is 10.7 Å². The van der Waals surface area contributed by atoms with Crippen LogP contribution < -0.4 is 10.1 Å². The van der Waals surface area contributed by atoms with Crippen molar-refractivity contribution >= 4 is 29.2 Å². The molecule has 1 amide bonds. The Balaban J connectivity index is 0.000000412. The molecule has 3 aromatic rings. The van der Waals surface area contributed by atoms with Crippen molar-refractivity contribution in [1.82, 2.24) is 0 Å². The second-order valence-corrected chi connectivity index (χ2v) is 6.47. The fourth-order valence-electron chi connectivity index (χ4n) is 2.34. The number of carbonyl (C=O) groups excluding carboxylic acids is 2. The minimum atomic E-state index is -4.78. The summed E-state index contributed by atoms with van der Waals surface area (Å²) in [4.78, 5) is 23.4. The molecule has 3 rings (SSSR count). The Hall–Kier alpha value is -3.39. The molecule has 0 aliphatic carbocycles. The zero-order chi connectivity index (χ0) is 23.0. The maximum atomic E-state index is 13.1. The van der Waals surface area contributed by atoms with E-state index >= 15 is 0 Å². The van der Waals surface area contributed by atoms with Crippen LogP contribution in [0.2, 0.25) is 5.02 Å². The molecule has 3 aromatic carbocycles. The number of hydrogen-bond donors (Lipinski definition) is 1. The summed E-state index contributed by atoms with van der Waals surface area (Å²) in [6.45, 7) is 0.952. The number of benzene rings is 3. The van der Waals surface area contributed by atoms with E-state index in [1.165, 1.54) is 36.4 Å². The lowest BCUT2D eigenvalue weighted by atomic mass is 10.1. The van der Waals surface area contributed by atoms with Gasteiger partial charge in [0.05, 0.1) is 11.1 Å². The zero-order valence-corrected chi connectivity index (χ0v) is 16.8. The van der Waals surface area contributed by atoms with Gasteiger partial charge in [-0.3, -0.25) is 9.59 Å². The van der Waals surface area contributed by atoms with Crippen molar-refractivity contribution in [2.24, 2.45) is 0 Å². The van der Waals surface area contributed by atoms with Gasteiger partial charge in [-0.15, -0.1) is 0 Å². The summed E-state index contributed by atoms with van der Waals surface area (Å²) in [7, 11) is 0. The Labute approximate surface area is 180 Å². The van der Waals surface area contributed by atoms with Gasteiger partial charge < -0.3 is 10.1 Å². The average Bonchev–Trinajstić information content (AvgIpc) is 2.69. The molecule has 0 heterocycles. The molecule has 4 nitrogen and oxygen atoms in total. The van der Waals surface area contributed by atoms with Crippen molar-refractivity contribution in [3.05, 3.63) is 94.8 Å². The first-order valence-corrected chi connectivity index (χ1v) is 9.12. The molecule has 0 aliphatic heterocycles. The second kappa shape index (κ2) is 10.6. The van der Waals surface area contributed by atoms with E-state index < -0.39 is 34.9 Å². The Morgan fingerprint density at radius 2 is 1.52 bits per heavy atom. The molecular formula is C22H16ClF4NO3. The Morgan fingerprint density at radius 1 is 0.903 bits per heavy atom. The van der Waals surface area contributed by atoms with Gasteiger partial charge in [-0.1, -0.05) is 35.9 Å². The van der Waals surface area contributed by atoms with Gasteiger partial charge in [-0.05, 0) is 48.5 Å². The van der Waals surface area contributed by atoms with Crippen LogP contribution in [0, 0.1) is 5.82 Å². The van der Waals surface area contributed by atoms with Crippen molar-refractivity contribution in [2.45, 2.75) is 13.1 Å². The fourth-order valence-corrected chi connectivity index (χ4v) is 2.47. The molecule has 0 bridgehead atoms. The normalized spacial score (nSPS) is 10.5. The first kappa shape index (κ1) is 23.9. The van der Waals surface area contributed by atoms with Crippen LogP contribution in [0.3, 0.4) is 0 Å². The molecule has 1 N–H and O–H groups in total. The number of rotatable bonds is 3. The quantitative estimate of drug-likeness (QED) is 0.285. The van der Waals surface area contributed by atoms with Gasteiger partial charge in [0.2, 0.25) is 0 Å². The Morgan fingerprint density at radius 3 is 2.00 bits per heavy atom. The summed E-state index contributed by atoms with van der Waals surface area (Å²) in [5, 5.41) is 2.86. The molecule has 0 saturated carbocycles. The van der Waals surface area contributed by atoms with Crippen LogP contribution in [0.1, 0.15) is 22.8 Å². The molecule has 0 atom stereocenters. The topological polar surface area (TPSA) is 55.4 Å². The lowest BCUT2D eigenvalue weighted by molar-refractivity contribution is -0.141. The molecule has 9 heteroatoms. The van der Waals surface area contributed by atoms with Crippen LogP contribution in [0.25, 0.3) is 0 Å². The van der Waals surface area contributed by atoms with Crippen LogP contribution >= 0.6 is 11.6 Å². The van der Waals surface area contributed by atoms with Crippen molar-refractivity contribution in [2.75, 3.05) is 5.32 Å². The predicted molar refractivity (Wildman–Crippen MR) is 109 cm³/mol. The third kappa shape index (κ3) is 7.42. The van der Waals surface area contributed by atoms with E-state index in [1.54, 1.807) is 18.2 Å². The number of amides is 1. The molecule has 0 unspecified atom stereocenters. The summed E-state index contributed by atoms with van der Waals surface area (Å²) in [6.07, 6.45) is -4.78. The number of esters is 1. The van der Waals surface area contributed by atoms with Gasteiger partial charge in [0.25, 0.3) is 5.91 Å². The second-order valence-electron chi connectivity index (χ2n) is 6.03. The lowest BCUT2D eigenvalue weighted by Crippen LogP contribution is -2.18. The third-order valence-electron chi connectivity index (χ3n) is 3.65. The monoisotopic (exact) mass is 453 g/mol. The van der Waals surface area contributed by atoms with Crippen LogP contribution in [0.15, 0.2) is 72.8 Å². The SMILES string of the molecule is CC(=O)Oc1c(C(=O)Nc2ccc(Cl)cc2)cccc1C(F)(F)F.Fc1ccccc1. The number of ether oxygens (including phenoxy) is 1. The number of nitrogens with one attached hydrogen (secondary N) is 1. The van der Waals surface area contributed by atoms with Gasteiger partial charge in [0.1, 0.15) is 5.82 Å². The van der Waals surface area contributed by atoms with Crippen LogP contribution in [-0.4, -0.2) is 11.9 Å². The average molecular weight is 454 g/mol. The van der Waals surface area contributed by atoms with Gasteiger partial charge in [-0.25, -0.2) is 4.39 Å². The van der Waals surface area contributed by atoms with E-state index in [9.17, 15) is 27.2 Å². The Kier molecular flexibility index (Phi) is 8.15. The molecule has 0 radical (unpaired) electrons. The van der Waals surface area contributed by atoms with Crippen LogP contribution in [0.5, 0.6) is 5.75 Å². The summed E-state index contributed by atoms with van der Waals surface area (Å²) >= 11 is 5.72. The van der Waals surface area contributed by atoms with Gasteiger partial charge in [0, 0.05) is 17.6 Å². The maximum Gasteiger partial charge on any atom is 0.420 e. The summed E-state index contributed by atoms with van der Waals surface area (Å²) < 4.78 is 55.8. The molecular weight excluding hydrogens is 438 g/mol. The van der Waals surface area contributed by atoms with E-state index in [1.807, 2.05) is 0 Å². The van der Waals surface area contributed by atoms with E-state index in [-0.39, 0.29) is 5.82 Å². The number of carbonyl (C=O) groups is 2. The van der Waals surface area contributed by atoms with Crippen molar-refractivity contribution in [1.29, 1.82) is 0 Å². The largest absolute Gasteiger partial charge is 0.425 e. The van der Waals surface area contributed by atoms with Crippen LogP contribution in [-0.2, 0) is 11.0 Å². The maximum absolute atomic E-state index is 13.1. The highest BCUT2D eigenvalue weighted by Crippen LogP contribution is 2.38. The number of hydrogen-bond acceptors (Lipinski definition) is 3. The zero-order valence-electron chi connectivity index (χ0n) is 16.0. The smallest absolute Gasteiger partial charge is 0.420 e. The number of alkyl halides is 3. The van der Waals surface area contributed by atoms with Crippen molar-refractivity contribution in [3.8, 4) is 5.75 Å². The third-order valence-corrected chi connectivity index (χ3v) is 3.90. The molecule has 162 valence electrons. The number of anilines is 1. The molecule has 0 aromatic heterocycles. The molecule has 31 heavy (non-hydrogen) atoms. The highest BCUT2D eigenvalue weighted by Gasteiger charge is 2.36. The molecule has 0 saturated heterocycles. The summed E-state index contributed by atoms with van der Waals surface area (Å²) in [5.74, 6) is -2.82. The van der Waals surface area contributed by atoms with Crippen LogP contribution in [0.4, 0.5) is 23.2 Å². The van der Waals surface area contributed by atoms with Gasteiger partial charge in [0.15, 0.2) is 5.75 Å². The van der Waals surface area contributed by atoms with Crippen molar-refractivity contribution < 1.29 is 31.9 Å². The first-order chi connectivity index (χ1) is 14.6. The standard InChI is InChI=1S/C16H11ClF3NO3.C6H5F/c1-9(22)24-14-12(3-2-4-13(14)16(18,19)20)15(23)21-11-7-5-10(17)6-8-11;7-6-4-2-1-3-5-6/h2-8H,1H3,(H,21,23);1-5H. The lowest BCUT2D eigenvalue weighted by Gasteiger charge is -2.15. The summed E-state index contributed by atoms with van der Waals surface area (Å²) in [6, 6.07) is 16.9. The first-order valence-electron chi connectivity index (χ1n) is 8.74. The predicted octanol–water partition coefficient (Wildman–Crippen LogP) is 6.36. The minimum Gasteiger partial charge on any atom is -0.425 e. The number of para-hydroxylation sites is 1. The molecule has 0 aliphatic rings. The minimum absolute atomic E-state index is 0.178. The van der Waals surface area contributed by atoms with E-state index in [2.05, 4.69) is 10.1 Å². The Bertz CT molecular complexity index is 1040. The van der Waals surface area contributed by atoms with E-state index in [0.717, 1.165) is 25.1 Å². The van der Waals surface area contributed by atoms with Crippen molar-refractivity contribution in [3.63, 3.8) is 0 Å². The fraction of sp³-hybridized carbons (Fsp3) is 0.0909. The molecule has 0 fully saturated rings. The number of halogens is 5. The molecule has 0 spiro atoms. The highest BCUT2D eigenvalue weighted by atomic mass is 35.5. The van der Waals surface area contributed by atoms with Gasteiger partial charge >= 0.3 is 12.1 Å². The van der Waals surface area contributed by atoms with Gasteiger partial charge in [-0.2, -0.15) is 13.2 Å². The summed E-state index contributed by atoms with van der Waals surface area (Å²) in [5.41, 5.74) is -1.29. The highest BCUT2D eigenvalue weighted by molar-refractivity contribution is 6.30.